The maximum atomic E-state index is 5.66. The van der Waals surface area contributed by atoms with Gasteiger partial charge >= 0.3 is 0 Å². The highest BCUT2D eigenvalue weighted by Gasteiger charge is 2.46. The molecule has 9 heteroatoms. The molecule has 1 aliphatic heterocycles. The number of pyridine rings is 1. The van der Waals surface area contributed by atoms with Crippen LogP contribution in [-0.4, -0.2) is 47.3 Å². The molecule has 2 unspecified atom stereocenters. The fraction of sp³-hybridized carbons (Fsp3) is 0.500. The van der Waals surface area contributed by atoms with Gasteiger partial charge in [-0.3, -0.25) is 4.90 Å². The first-order valence-corrected chi connectivity index (χ1v) is 14.1. The first-order chi connectivity index (χ1) is 17.8. The van der Waals surface area contributed by atoms with Crippen LogP contribution in [0.1, 0.15) is 77.4 Å². The Kier molecular flexibility index (Phi) is 5.14. The molecule has 37 heavy (non-hydrogen) atoms. The van der Waals surface area contributed by atoms with Crippen LogP contribution < -0.4 is 0 Å². The average molecular weight is 516 g/mol. The predicted molar refractivity (Wildman–Crippen MR) is 145 cm³/mol. The highest BCUT2D eigenvalue weighted by Crippen LogP contribution is 2.53. The van der Waals surface area contributed by atoms with Crippen molar-refractivity contribution in [1.82, 2.24) is 34.7 Å². The third-order valence-corrected chi connectivity index (χ3v) is 10.2. The van der Waals surface area contributed by atoms with Gasteiger partial charge in [0.1, 0.15) is 11.2 Å². The van der Waals surface area contributed by atoms with Crippen LogP contribution in [0.4, 0.5) is 0 Å². The van der Waals surface area contributed by atoms with Crippen molar-refractivity contribution < 1.29 is 4.42 Å². The molecule has 2 aliphatic rings. The van der Waals surface area contributed by atoms with Crippen LogP contribution in [0.2, 0.25) is 0 Å². The number of aromatic nitrogens is 6. The fourth-order valence-electron chi connectivity index (χ4n) is 6.98. The molecule has 1 aliphatic carbocycles. The molecule has 5 aromatic rings. The molecule has 0 aromatic carbocycles. The van der Waals surface area contributed by atoms with Gasteiger partial charge in [-0.2, -0.15) is 5.10 Å². The molecule has 0 amide bonds. The maximum absolute atomic E-state index is 5.66. The predicted octanol–water partition coefficient (Wildman–Crippen LogP) is 6.06. The van der Waals surface area contributed by atoms with Gasteiger partial charge in [0.05, 0.1) is 12.2 Å². The summed E-state index contributed by atoms with van der Waals surface area (Å²) >= 11 is 1.98. The lowest BCUT2D eigenvalue weighted by Gasteiger charge is -2.30. The first-order valence-electron chi connectivity index (χ1n) is 13.3. The average Bonchev–Trinajstić information content (AvgIpc) is 3.68. The lowest BCUT2D eigenvalue weighted by Crippen LogP contribution is -2.34. The number of fused-ring (bicyclic) bond motifs is 4. The minimum atomic E-state index is 0.407. The van der Waals surface area contributed by atoms with Gasteiger partial charge in [-0.1, -0.05) is 13.8 Å². The molecular weight excluding hydrogens is 482 g/mol. The Bertz CT molecular complexity index is 1650. The van der Waals surface area contributed by atoms with Crippen molar-refractivity contribution >= 4 is 27.2 Å². The molecule has 7 rings (SSSR count). The molecule has 0 spiro atoms. The number of H-pyrrole nitrogens is 1. The topological polar surface area (TPSA) is 88.1 Å². The number of piperidine rings is 1. The first kappa shape index (κ1) is 23.1. The number of likely N-dealkylation sites (tertiary alicyclic amines) is 1. The molecule has 192 valence electrons. The molecule has 5 aromatic heterocycles. The summed E-state index contributed by atoms with van der Waals surface area (Å²) in [6.07, 6.45) is 6.25. The van der Waals surface area contributed by atoms with E-state index < -0.39 is 0 Å². The Morgan fingerprint density at radius 3 is 2.65 bits per heavy atom. The molecule has 2 fully saturated rings. The Balaban J connectivity index is 1.24. The van der Waals surface area contributed by atoms with Crippen LogP contribution in [-0.2, 0) is 6.54 Å². The van der Waals surface area contributed by atoms with E-state index in [4.69, 9.17) is 4.42 Å². The minimum Gasteiger partial charge on any atom is -0.424 e. The Labute approximate surface area is 220 Å². The fourth-order valence-corrected chi connectivity index (χ4v) is 8.42. The standard InChI is InChI=1S/C28H33N7OS/c1-13(2)23-24-16(5)26(20-8-19-7-18(20)9-34(19)11-22-33-32-17(6)36-22)37-28(24)31-25(23)21-10-35-27(29-12-30-35)15(4)14(21)3/h10,12-13,18-20,31H,7-9,11H2,1-6H3/t18?,19?,20-/m1/s1. The summed E-state index contributed by atoms with van der Waals surface area (Å²) in [5.41, 5.74) is 8.72. The number of hydrogen-bond acceptors (Lipinski definition) is 7. The molecule has 8 nitrogen and oxygen atoms in total. The molecule has 1 N–H and O–H groups in total. The van der Waals surface area contributed by atoms with Crippen LogP contribution in [0.3, 0.4) is 0 Å². The van der Waals surface area contributed by atoms with Gasteiger partial charge < -0.3 is 9.40 Å². The summed E-state index contributed by atoms with van der Waals surface area (Å²) in [4.78, 5) is 13.8. The van der Waals surface area contributed by atoms with Crippen LogP contribution in [0.25, 0.3) is 27.1 Å². The van der Waals surface area contributed by atoms with Crippen molar-refractivity contribution in [2.45, 2.75) is 78.8 Å². The molecular formula is C28H33N7OS. The van der Waals surface area contributed by atoms with E-state index in [1.807, 2.05) is 22.8 Å². The van der Waals surface area contributed by atoms with Gasteiger partial charge in [0, 0.05) is 41.5 Å². The van der Waals surface area contributed by atoms with Gasteiger partial charge in [-0.05, 0) is 73.6 Å². The minimum absolute atomic E-state index is 0.407. The molecule has 3 atom stereocenters. The largest absolute Gasteiger partial charge is 0.424 e. The van der Waals surface area contributed by atoms with Crippen molar-refractivity contribution in [1.29, 1.82) is 0 Å². The van der Waals surface area contributed by atoms with E-state index in [2.05, 4.69) is 71.0 Å². The van der Waals surface area contributed by atoms with E-state index in [1.54, 1.807) is 11.2 Å². The van der Waals surface area contributed by atoms with Gasteiger partial charge in [0.25, 0.3) is 0 Å². The Morgan fingerprint density at radius 2 is 1.95 bits per heavy atom. The number of nitrogens with zero attached hydrogens (tertiary/aromatic N) is 6. The van der Waals surface area contributed by atoms with E-state index in [0.29, 0.717) is 29.7 Å². The van der Waals surface area contributed by atoms with Crippen LogP contribution in [0.15, 0.2) is 16.9 Å². The molecule has 6 heterocycles. The summed E-state index contributed by atoms with van der Waals surface area (Å²) in [7, 11) is 0. The van der Waals surface area contributed by atoms with Crippen molar-refractivity contribution in [3.8, 4) is 11.3 Å². The SMILES string of the molecule is Cc1nnc(CN2CC3CC2C[C@H]3c2sc3[nH]c(-c4cn5ncnc5c(C)c4C)c(C(C)C)c3c2C)o1. The zero-order valence-electron chi connectivity index (χ0n) is 22.3. The number of aromatic amines is 1. The summed E-state index contributed by atoms with van der Waals surface area (Å²) in [5.74, 6) is 3.12. The summed E-state index contributed by atoms with van der Waals surface area (Å²) in [6.45, 7) is 15.1. The maximum Gasteiger partial charge on any atom is 0.230 e. The third-order valence-electron chi connectivity index (χ3n) is 8.83. The second kappa shape index (κ2) is 8.23. The lowest BCUT2D eigenvalue weighted by molar-refractivity contribution is 0.175. The van der Waals surface area contributed by atoms with Crippen LogP contribution >= 0.6 is 11.3 Å². The number of thiophene rings is 1. The molecule has 1 saturated heterocycles. The highest BCUT2D eigenvalue weighted by atomic mass is 32.1. The molecule has 1 saturated carbocycles. The smallest absolute Gasteiger partial charge is 0.230 e. The second-order valence-corrected chi connectivity index (χ2v) is 12.4. The number of aryl methyl sites for hydroxylation is 3. The number of hydrogen-bond donors (Lipinski definition) is 1. The molecule has 2 bridgehead atoms. The van der Waals surface area contributed by atoms with E-state index in [1.165, 1.54) is 56.6 Å². The Morgan fingerprint density at radius 1 is 1.11 bits per heavy atom. The van der Waals surface area contributed by atoms with E-state index in [-0.39, 0.29) is 0 Å². The van der Waals surface area contributed by atoms with Gasteiger partial charge in [0.2, 0.25) is 11.8 Å². The van der Waals surface area contributed by atoms with Crippen molar-refractivity contribution in [3.05, 3.63) is 51.4 Å². The van der Waals surface area contributed by atoms with E-state index in [0.717, 1.165) is 24.6 Å². The van der Waals surface area contributed by atoms with Gasteiger partial charge in [0.15, 0.2) is 5.65 Å². The van der Waals surface area contributed by atoms with Crippen LogP contribution in [0.5, 0.6) is 0 Å². The molecule has 0 radical (unpaired) electrons. The third kappa shape index (κ3) is 3.43. The zero-order valence-corrected chi connectivity index (χ0v) is 23.1. The summed E-state index contributed by atoms with van der Waals surface area (Å²) in [6, 6.07) is 0.599. The quantitative estimate of drug-likeness (QED) is 0.306. The normalized spacial score (nSPS) is 22.0. The number of rotatable bonds is 5. The summed E-state index contributed by atoms with van der Waals surface area (Å²) < 4.78 is 7.56. The Hall–Kier alpha value is -3.04. The zero-order chi connectivity index (χ0) is 25.6. The van der Waals surface area contributed by atoms with Gasteiger partial charge in [-0.25, -0.2) is 9.50 Å². The lowest BCUT2D eigenvalue weighted by atomic mass is 9.88. The second-order valence-electron chi connectivity index (χ2n) is 11.3. The highest BCUT2D eigenvalue weighted by molar-refractivity contribution is 7.19. The van der Waals surface area contributed by atoms with E-state index >= 15 is 0 Å². The van der Waals surface area contributed by atoms with Crippen molar-refractivity contribution in [3.63, 3.8) is 0 Å². The monoisotopic (exact) mass is 515 g/mol. The summed E-state index contributed by atoms with van der Waals surface area (Å²) in [5, 5.41) is 14.1. The van der Waals surface area contributed by atoms with Crippen molar-refractivity contribution in [2.24, 2.45) is 5.92 Å². The van der Waals surface area contributed by atoms with Crippen LogP contribution in [0, 0.1) is 33.6 Å². The van der Waals surface area contributed by atoms with Crippen molar-refractivity contribution in [2.75, 3.05) is 6.54 Å². The van der Waals surface area contributed by atoms with E-state index in [9.17, 15) is 0 Å². The number of nitrogens with one attached hydrogen (secondary N) is 1. The van der Waals surface area contributed by atoms with Gasteiger partial charge in [-0.15, -0.1) is 21.5 Å².